The van der Waals surface area contributed by atoms with Crippen LogP contribution in [0.5, 0.6) is 0 Å². The van der Waals surface area contributed by atoms with Crippen LogP contribution in [0.3, 0.4) is 0 Å². The molecular weight excluding hydrogens is 298 g/mol. The van der Waals surface area contributed by atoms with Crippen molar-refractivity contribution in [2.24, 2.45) is 11.7 Å². The number of halogens is 1. The third kappa shape index (κ3) is 4.28. The second-order valence-electron chi connectivity index (χ2n) is 4.38. The van der Waals surface area contributed by atoms with Crippen molar-refractivity contribution in [3.63, 3.8) is 0 Å². The molecule has 1 aromatic carbocycles. The lowest BCUT2D eigenvalue weighted by Gasteiger charge is -2.27. The molecule has 2 rings (SSSR count). The molecule has 1 atom stereocenters. The van der Waals surface area contributed by atoms with Gasteiger partial charge in [0.2, 0.25) is 0 Å². The van der Waals surface area contributed by atoms with Crippen LogP contribution >= 0.6 is 27.7 Å². The van der Waals surface area contributed by atoms with E-state index in [1.807, 2.05) is 17.8 Å². The highest BCUT2D eigenvalue weighted by Crippen LogP contribution is 2.26. The van der Waals surface area contributed by atoms with Crippen molar-refractivity contribution in [1.82, 2.24) is 0 Å². The van der Waals surface area contributed by atoms with Crippen LogP contribution in [0, 0.1) is 5.92 Å². The molecule has 0 radical (unpaired) electrons. The van der Waals surface area contributed by atoms with Gasteiger partial charge in [-0.05, 0) is 37.0 Å². The fourth-order valence-electron chi connectivity index (χ4n) is 2.03. The van der Waals surface area contributed by atoms with Crippen LogP contribution in [-0.4, -0.2) is 25.0 Å². The highest BCUT2D eigenvalue weighted by molar-refractivity contribution is 9.10. The summed E-state index contributed by atoms with van der Waals surface area (Å²) < 4.78 is 6.49. The average Bonchev–Trinajstić information content (AvgIpc) is 2.37. The molecule has 4 heteroatoms. The molecule has 1 aliphatic rings. The van der Waals surface area contributed by atoms with E-state index < -0.39 is 0 Å². The second-order valence-corrected chi connectivity index (χ2v) is 6.39. The molecular formula is C13H18BrNOS. The number of thioether (sulfide) groups is 1. The Morgan fingerprint density at radius 1 is 1.41 bits per heavy atom. The molecule has 94 valence electrons. The molecule has 0 spiro atoms. The van der Waals surface area contributed by atoms with E-state index in [4.69, 9.17) is 10.5 Å². The van der Waals surface area contributed by atoms with Crippen LogP contribution < -0.4 is 5.73 Å². The van der Waals surface area contributed by atoms with Gasteiger partial charge >= 0.3 is 0 Å². The number of nitrogens with two attached hydrogens (primary N) is 1. The summed E-state index contributed by atoms with van der Waals surface area (Å²) in [7, 11) is 0. The quantitative estimate of drug-likeness (QED) is 0.866. The maximum atomic E-state index is 6.25. The van der Waals surface area contributed by atoms with Crippen LogP contribution in [0.1, 0.15) is 12.8 Å². The predicted molar refractivity (Wildman–Crippen MR) is 76.4 cm³/mol. The van der Waals surface area contributed by atoms with Gasteiger partial charge in [0, 0.05) is 34.4 Å². The van der Waals surface area contributed by atoms with E-state index in [1.54, 1.807) is 0 Å². The van der Waals surface area contributed by atoms with Gasteiger partial charge < -0.3 is 10.5 Å². The maximum Gasteiger partial charge on any atom is 0.0469 e. The van der Waals surface area contributed by atoms with Gasteiger partial charge in [-0.1, -0.05) is 22.0 Å². The number of hydrogen-bond acceptors (Lipinski definition) is 3. The summed E-state index contributed by atoms with van der Waals surface area (Å²) in [6.45, 7) is 1.75. The van der Waals surface area contributed by atoms with E-state index in [9.17, 15) is 0 Å². The lowest BCUT2D eigenvalue weighted by atomic mass is 9.94. The Balaban J connectivity index is 1.80. The van der Waals surface area contributed by atoms with Gasteiger partial charge in [0.1, 0.15) is 0 Å². The first kappa shape index (κ1) is 13.4. The molecule has 0 aromatic heterocycles. The Morgan fingerprint density at radius 3 is 2.88 bits per heavy atom. The summed E-state index contributed by atoms with van der Waals surface area (Å²) in [5, 5.41) is 0. The zero-order chi connectivity index (χ0) is 12.1. The normalized spacial score (nSPS) is 19.2. The van der Waals surface area contributed by atoms with Gasteiger partial charge in [-0.3, -0.25) is 0 Å². The molecule has 1 unspecified atom stereocenters. The number of rotatable bonds is 4. The van der Waals surface area contributed by atoms with Gasteiger partial charge in [0.25, 0.3) is 0 Å². The summed E-state index contributed by atoms with van der Waals surface area (Å²) >= 11 is 5.33. The van der Waals surface area contributed by atoms with Crippen LogP contribution in [-0.2, 0) is 4.74 Å². The Labute approximate surface area is 115 Å². The Kier molecular flexibility index (Phi) is 5.35. The molecule has 1 fully saturated rings. The van der Waals surface area contributed by atoms with Gasteiger partial charge in [-0.15, -0.1) is 11.8 Å². The fraction of sp³-hybridized carbons (Fsp3) is 0.538. The third-order valence-corrected chi connectivity index (χ3v) is 4.74. The van der Waals surface area contributed by atoms with Crippen molar-refractivity contribution >= 4 is 27.7 Å². The zero-order valence-electron chi connectivity index (χ0n) is 9.77. The Morgan fingerprint density at radius 2 is 2.18 bits per heavy atom. The minimum absolute atomic E-state index is 0.280. The smallest absolute Gasteiger partial charge is 0.0469 e. The summed E-state index contributed by atoms with van der Waals surface area (Å²) in [6, 6.07) is 8.66. The lowest BCUT2D eigenvalue weighted by Crippen LogP contribution is -2.36. The fourth-order valence-corrected chi connectivity index (χ4v) is 3.62. The molecule has 0 bridgehead atoms. The predicted octanol–water partition coefficient (Wildman–Crippen LogP) is 3.30. The topological polar surface area (TPSA) is 35.2 Å². The number of ether oxygens (including phenoxy) is 1. The first-order chi connectivity index (χ1) is 8.25. The van der Waals surface area contributed by atoms with Crippen molar-refractivity contribution in [2.75, 3.05) is 19.0 Å². The summed E-state index contributed by atoms with van der Waals surface area (Å²) in [4.78, 5) is 1.28. The first-order valence-electron chi connectivity index (χ1n) is 5.97. The molecule has 1 aliphatic heterocycles. The highest BCUT2D eigenvalue weighted by atomic mass is 79.9. The first-order valence-corrected chi connectivity index (χ1v) is 7.75. The van der Waals surface area contributed by atoms with E-state index >= 15 is 0 Å². The van der Waals surface area contributed by atoms with Crippen LogP contribution in [0.2, 0.25) is 0 Å². The molecule has 0 saturated carbocycles. The Bertz CT molecular complexity index is 355. The monoisotopic (exact) mass is 315 g/mol. The highest BCUT2D eigenvalue weighted by Gasteiger charge is 2.20. The van der Waals surface area contributed by atoms with E-state index in [0.717, 1.165) is 36.3 Å². The molecule has 1 heterocycles. The minimum atomic E-state index is 0.280. The number of hydrogen-bond donors (Lipinski definition) is 1. The molecule has 1 aromatic rings. The average molecular weight is 316 g/mol. The Hall–Kier alpha value is -0.0300. The van der Waals surface area contributed by atoms with Crippen molar-refractivity contribution in [3.05, 3.63) is 28.7 Å². The maximum absolute atomic E-state index is 6.25. The molecule has 2 N–H and O–H groups in total. The van der Waals surface area contributed by atoms with Gasteiger partial charge in [0.05, 0.1) is 0 Å². The lowest BCUT2D eigenvalue weighted by molar-refractivity contribution is 0.0607. The molecule has 17 heavy (non-hydrogen) atoms. The van der Waals surface area contributed by atoms with Gasteiger partial charge in [-0.2, -0.15) is 0 Å². The molecule has 2 nitrogen and oxygen atoms in total. The van der Waals surface area contributed by atoms with E-state index in [0.29, 0.717) is 5.92 Å². The van der Waals surface area contributed by atoms with Gasteiger partial charge in [0.15, 0.2) is 0 Å². The largest absolute Gasteiger partial charge is 0.381 e. The van der Waals surface area contributed by atoms with Crippen molar-refractivity contribution in [3.8, 4) is 0 Å². The van der Waals surface area contributed by atoms with Crippen LogP contribution in [0.4, 0.5) is 0 Å². The minimum Gasteiger partial charge on any atom is -0.381 e. The van der Waals surface area contributed by atoms with Crippen molar-refractivity contribution < 1.29 is 4.74 Å². The molecule has 0 aliphatic carbocycles. The van der Waals surface area contributed by atoms with Crippen LogP contribution in [0.15, 0.2) is 33.6 Å². The standard InChI is InChI=1S/C13H18BrNOS/c14-11-2-1-3-12(8-11)17-9-13(15)10-4-6-16-7-5-10/h1-3,8,10,13H,4-7,9,15H2. The SMILES string of the molecule is NC(CSc1cccc(Br)c1)C1CCOCC1. The summed E-state index contributed by atoms with van der Waals surface area (Å²) in [6.07, 6.45) is 2.22. The van der Waals surface area contributed by atoms with E-state index in [-0.39, 0.29) is 6.04 Å². The second kappa shape index (κ2) is 6.78. The molecule has 0 amide bonds. The number of benzene rings is 1. The van der Waals surface area contributed by atoms with Crippen molar-refractivity contribution in [2.45, 2.75) is 23.8 Å². The van der Waals surface area contributed by atoms with E-state index in [2.05, 4.69) is 34.1 Å². The summed E-state index contributed by atoms with van der Waals surface area (Å²) in [5.74, 6) is 1.62. The van der Waals surface area contributed by atoms with E-state index in [1.165, 1.54) is 4.90 Å². The zero-order valence-corrected chi connectivity index (χ0v) is 12.2. The van der Waals surface area contributed by atoms with Crippen LogP contribution in [0.25, 0.3) is 0 Å². The van der Waals surface area contributed by atoms with Crippen molar-refractivity contribution in [1.29, 1.82) is 0 Å². The molecule has 1 saturated heterocycles. The third-order valence-electron chi connectivity index (χ3n) is 3.11. The summed E-state index contributed by atoms with van der Waals surface area (Å²) in [5.41, 5.74) is 6.25. The van der Waals surface area contributed by atoms with Gasteiger partial charge in [-0.25, -0.2) is 0 Å².